The van der Waals surface area contributed by atoms with Crippen molar-refractivity contribution in [1.29, 1.82) is 0 Å². The molecule has 1 heterocycles. The molecule has 3 rings (SSSR count). The van der Waals surface area contributed by atoms with E-state index in [1.807, 2.05) is 38.1 Å². The highest BCUT2D eigenvalue weighted by Crippen LogP contribution is 2.30. The molecule has 1 N–H and O–H groups in total. The van der Waals surface area contributed by atoms with Gasteiger partial charge < -0.3 is 14.8 Å². The Hall–Kier alpha value is -2.09. The van der Waals surface area contributed by atoms with Crippen LogP contribution in [-0.4, -0.2) is 29.6 Å². The molecule has 2 aromatic rings. The number of ether oxygens (including phenoxy) is 2. The molecule has 0 aromatic heterocycles. The van der Waals surface area contributed by atoms with Gasteiger partial charge in [-0.05, 0) is 60.1 Å². The second-order valence-electron chi connectivity index (χ2n) is 7.23. The van der Waals surface area contributed by atoms with Gasteiger partial charge in [-0.15, -0.1) is 0 Å². The van der Waals surface area contributed by atoms with Gasteiger partial charge in [0, 0.05) is 16.6 Å². The zero-order valence-electron chi connectivity index (χ0n) is 16.9. The highest BCUT2D eigenvalue weighted by molar-refractivity contribution is 9.10. The molecule has 1 fully saturated rings. The first-order valence-corrected chi connectivity index (χ1v) is 11.0. The van der Waals surface area contributed by atoms with Crippen molar-refractivity contribution in [3.8, 4) is 11.5 Å². The minimum atomic E-state index is -0.121. The van der Waals surface area contributed by atoms with E-state index in [9.17, 15) is 4.79 Å². The van der Waals surface area contributed by atoms with Gasteiger partial charge in [-0.2, -0.15) is 0 Å². The Bertz CT molecular complexity index is 1010. The monoisotopic (exact) mass is 508 g/mol. The van der Waals surface area contributed by atoms with Gasteiger partial charge >= 0.3 is 0 Å². The fourth-order valence-electron chi connectivity index (χ4n) is 3.02. The molecule has 0 aliphatic carbocycles. The first kappa shape index (κ1) is 22.6. The van der Waals surface area contributed by atoms with Crippen LogP contribution in [0.25, 0.3) is 6.08 Å². The third-order valence-corrected chi connectivity index (χ3v) is 5.51. The molecule has 1 aliphatic rings. The van der Waals surface area contributed by atoms with Crippen LogP contribution >= 0.6 is 39.7 Å². The zero-order chi connectivity index (χ0) is 21.8. The summed E-state index contributed by atoms with van der Waals surface area (Å²) in [5, 5.41) is 3.96. The van der Waals surface area contributed by atoms with Crippen molar-refractivity contribution >= 4 is 56.8 Å². The molecule has 30 heavy (non-hydrogen) atoms. The van der Waals surface area contributed by atoms with Crippen molar-refractivity contribution in [3.05, 3.63) is 62.7 Å². The summed E-state index contributed by atoms with van der Waals surface area (Å²) in [7, 11) is 1.61. The van der Waals surface area contributed by atoms with Crippen molar-refractivity contribution in [1.82, 2.24) is 10.2 Å². The van der Waals surface area contributed by atoms with E-state index >= 15 is 0 Å². The molecule has 1 aliphatic heterocycles. The Morgan fingerprint density at radius 2 is 1.97 bits per heavy atom. The number of rotatable bonds is 7. The first-order chi connectivity index (χ1) is 14.3. The predicted molar refractivity (Wildman–Crippen MR) is 127 cm³/mol. The lowest BCUT2D eigenvalue weighted by molar-refractivity contribution is -0.122. The van der Waals surface area contributed by atoms with E-state index in [4.69, 9.17) is 33.3 Å². The fourth-order valence-corrected chi connectivity index (χ4v) is 4.01. The van der Waals surface area contributed by atoms with E-state index in [0.29, 0.717) is 39.8 Å². The second kappa shape index (κ2) is 9.81. The highest BCUT2D eigenvalue weighted by atomic mass is 79.9. The average molecular weight is 510 g/mol. The molecule has 158 valence electrons. The van der Waals surface area contributed by atoms with Gasteiger partial charge in [0.15, 0.2) is 5.11 Å². The maximum atomic E-state index is 12.7. The summed E-state index contributed by atoms with van der Waals surface area (Å²) in [5.74, 6) is 1.47. The minimum Gasteiger partial charge on any atom is -0.496 e. The third kappa shape index (κ3) is 5.33. The van der Waals surface area contributed by atoms with E-state index in [2.05, 4.69) is 21.2 Å². The SMILES string of the molecule is COc1ccc(/C=C2/NC(=S)N(CC(C)C)C2=O)cc1COc1ccc(Br)cc1Cl. The lowest BCUT2D eigenvalue weighted by Gasteiger charge is -2.16. The smallest absolute Gasteiger partial charge is 0.276 e. The standard InChI is InChI=1S/C22H22BrClN2O3S/c1-13(2)11-26-21(27)18(25-22(26)30)9-14-4-6-19(28-3)15(8-14)12-29-20-7-5-16(23)10-17(20)24/h4-10,13H,11-12H2,1-3H3,(H,25,30)/b18-9+. The normalized spacial score (nSPS) is 15.1. The summed E-state index contributed by atoms with van der Waals surface area (Å²) in [5.41, 5.74) is 2.12. The Labute approximate surface area is 195 Å². The van der Waals surface area contributed by atoms with Gasteiger partial charge in [-0.1, -0.05) is 47.4 Å². The quantitative estimate of drug-likeness (QED) is 0.400. The molecule has 8 heteroatoms. The van der Waals surface area contributed by atoms with Crippen molar-refractivity contribution < 1.29 is 14.3 Å². The topological polar surface area (TPSA) is 50.8 Å². The van der Waals surface area contributed by atoms with Crippen molar-refractivity contribution in [3.63, 3.8) is 0 Å². The van der Waals surface area contributed by atoms with Crippen LogP contribution in [0.3, 0.4) is 0 Å². The summed E-state index contributed by atoms with van der Waals surface area (Å²) in [6.07, 6.45) is 1.78. The number of carbonyl (C=O) groups excluding carboxylic acids is 1. The summed E-state index contributed by atoms with van der Waals surface area (Å²) < 4.78 is 12.2. The average Bonchev–Trinajstić information content (AvgIpc) is 2.94. The summed E-state index contributed by atoms with van der Waals surface area (Å²) >= 11 is 14.9. The molecule has 0 bridgehead atoms. The van der Waals surface area contributed by atoms with E-state index in [0.717, 1.165) is 15.6 Å². The van der Waals surface area contributed by atoms with E-state index in [-0.39, 0.29) is 12.5 Å². The second-order valence-corrected chi connectivity index (χ2v) is 8.94. The van der Waals surface area contributed by atoms with Crippen LogP contribution in [0.5, 0.6) is 11.5 Å². The van der Waals surface area contributed by atoms with Crippen LogP contribution in [0.1, 0.15) is 25.0 Å². The number of nitrogens with zero attached hydrogens (tertiary/aromatic N) is 1. The molecule has 1 amide bonds. The van der Waals surface area contributed by atoms with Crippen LogP contribution < -0.4 is 14.8 Å². The van der Waals surface area contributed by atoms with Crippen molar-refractivity contribution in [2.45, 2.75) is 20.5 Å². The summed E-state index contributed by atoms with van der Waals surface area (Å²) in [4.78, 5) is 14.3. The molecule has 0 saturated carbocycles. The highest BCUT2D eigenvalue weighted by Gasteiger charge is 2.30. The maximum absolute atomic E-state index is 12.7. The third-order valence-electron chi connectivity index (χ3n) is 4.40. The number of benzene rings is 2. The lowest BCUT2D eigenvalue weighted by Crippen LogP contribution is -2.33. The van der Waals surface area contributed by atoms with Crippen LogP contribution in [0.4, 0.5) is 0 Å². The van der Waals surface area contributed by atoms with E-state index < -0.39 is 0 Å². The molecule has 5 nitrogen and oxygen atoms in total. The molecular formula is C22H22BrClN2O3S. The number of nitrogens with one attached hydrogen (secondary N) is 1. The number of hydrogen-bond donors (Lipinski definition) is 1. The largest absolute Gasteiger partial charge is 0.496 e. The van der Waals surface area contributed by atoms with Gasteiger partial charge in [-0.3, -0.25) is 9.69 Å². The molecule has 2 aromatic carbocycles. The van der Waals surface area contributed by atoms with Gasteiger partial charge in [0.25, 0.3) is 5.91 Å². The Balaban J connectivity index is 1.81. The van der Waals surface area contributed by atoms with E-state index in [1.165, 1.54) is 0 Å². The van der Waals surface area contributed by atoms with E-state index in [1.54, 1.807) is 30.2 Å². The number of hydrogen-bond acceptors (Lipinski definition) is 4. The molecule has 0 spiro atoms. The Morgan fingerprint density at radius 1 is 1.23 bits per heavy atom. The Morgan fingerprint density at radius 3 is 2.63 bits per heavy atom. The lowest BCUT2D eigenvalue weighted by atomic mass is 10.1. The van der Waals surface area contributed by atoms with Crippen LogP contribution in [0.15, 0.2) is 46.6 Å². The number of thiocarbonyl (C=S) groups is 1. The Kier molecular flexibility index (Phi) is 7.39. The minimum absolute atomic E-state index is 0.121. The number of methoxy groups -OCH3 is 1. The van der Waals surface area contributed by atoms with Crippen molar-refractivity contribution in [2.24, 2.45) is 5.92 Å². The molecule has 0 atom stereocenters. The fraction of sp³-hybridized carbons (Fsp3) is 0.273. The molecular weight excluding hydrogens is 488 g/mol. The molecule has 1 saturated heterocycles. The van der Waals surface area contributed by atoms with Crippen LogP contribution in [0.2, 0.25) is 5.02 Å². The van der Waals surface area contributed by atoms with Gasteiger partial charge in [0.2, 0.25) is 0 Å². The first-order valence-electron chi connectivity index (χ1n) is 9.37. The number of amides is 1. The van der Waals surface area contributed by atoms with Crippen LogP contribution in [-0.2, 0) is 11.4 Å². The predicted octanol–water partition coefficient (Wildman–Crippen LogP) is 5.40. The van der Waals surface area contributed by atoms with Gasteiger partial charge in [0.1, 0.15) is 23.8 Å². The molecule has 0 radical (unpaired) electrons. The summed E-state index contributed by atoms with van der Waals surface area (Å²) in [6, 6.07) is 11.1. The zero-order valence-corrected chi connectivity index (χ0v) is 20.0. The molecule has 0 unspecified atom stereocenters. The van der Waals surface area contributed by atoms with Gasteiger partial charge in [0.05, 0.1) is 12.1 Å². The summed E-state index contributed by atoms with van der Waals surface area (Å²) in [6.45, 7) is 4.94. The number of carbonyl (C=O) groups is 1. The van der Waals surface area contributed by atoms with Crippen LogP contribution in [0, 0.1) is 5.92 Å². The van der Waals surface area contributed by atoms with Gasteiger partial charge in [-0.25, -0.2) is 0 Å². The number of halogens is 2. The maximum Gasteiger partial charge on any atom is 0.276 e. The van der Waals surface area contributed by atoms with Crippen molar-refractivity contribution in [2.75, 3.05) is 13.7 Å².